The lowest BCUT2D eigenvalue weighted by Crippen LogP contribution is -1.98. The van der Waals surface area contributed by atoms with Gasteiger partial charge < -0.3 is 13.6 Å². The largest absolute Gasteiger partial charge is 0.456 e. The smallest absolute Gasteiger partial charge is 0.160 e. The van der Waals surface area contributed by atoms with E-state index >= 15 is 0 Å². The first-order chi connectivity index (χ1) is 28.3. The standard InChI is InChI=1S/C52H32N4O/c1-4-15-33(16-5-1)43-31-44(34-17-6-2-7-18-34)54-52(53-43)35-19-14-22-37(29-35)56-45-25-12-10-23-38(45)40-27-28-46-50(51(40)56)42-30-41-39-24-11-13-26-48(39)57-49(41)32-47(42)55(46)36-20-8-3-9-21-36/h1-32H. The molecule has 0 aliphatic carbocycles. The van der Waals surface area contributed by atoms with Crippen LogP contribution in [0.5, 0.6) is 0 Å². The molecule has 4 aromatic heterocycles. The van der Waals surface area contributed by atoms with E-state index in [0.29, 0.717) is 5.82 Å². The number of para-hydroxylation sites is 3. The quantitative estimate of drug-likeness (QED) is 0.177. The van der Waals surface area contributed by atoms with Crippen molar-refractivity contribution >= 4 is 65.6 Å². The van der Waals surface area contributed by atoms with E-state index in [1.165, 1.54) is 21.5 Å². The third kappa shape index (κ3) is 4.89. The topological polar surface area (TPSA) is 48.8 Å². The molecule has 0 bridgehead atoms. The minimum Gasteiger partial charge on any atom is -0.456 e. The van der Waals surface area contributed by atoms with Crippen LogP contribution in [0.25, 0.3) is 111 Å². The molecule has 4 heterocycles. The summed E-state index contributed by atoms with van der Waals surface area (Å²) in [6.45, 7) is 0. The fraction of sp³-hybridized carbons (Fsp3) is 0. The Kier molecular flexibility index (Phi) is 6.86. The predicted molar refractivity (Wildman–Crippen MR) is 234 cm³/mol. The Morgan fingerprint density at radius 2 is 0.982 bits per heavy atom. The fourth-order valence-corrected chi connectivity index (χ4v) is 8.77. The van der Waals surface area contributed by atoms with Crippen molar-refractivity contribution in [3.05, 3.63) is 194 Å². The SMILES string of the molecule is c1ccc(-c2cc(-c3ccccc3)nc(-c3cccc(-n4c5ccccc5c5ccc6c(c7cc8c(cc7n6-c6ccccc6)oc6ccccc68)c54)c3)n2)cc1. The van der Waals surface area contributed by atoms with Crippen LogP contribution >= 0.6 is 0 Å². The highest BCUT2D eigenvalue weighted by atomic mass is 16.3. The van der Waals surface area contributed by atoms with E-state index in [0.717, 1.165) is 83.5 Å². The van der Waals surface area contributed by atoms with Crippen LogP contribution < -0.4 is 0 Å². The van der Waals surface area contributed by atoms with Crippen LogP contribution in [0, 0.1) is 0 Å². The third-order valence-corrected chi connectivity index (χ3v) is 11.3. The summed E-state index contributed by atoms with van der Waals surface area (Å²) in [5.74, 6) is 0.679. The first kappa shape index (κ1) is 31.6. The van der Waals surface area contributed by atoms with Gasteiger partial charge in [-0.15, -0.1) is 0 Å². The van der Waals surface area contributed by atoms with Crippen LogP contribution in [0.1, 0.15) is 0 Å². The van der Waals surface area contributed by atoms with Gasteiger partial charge >= 0.3 is 0 Å². The molecule has 0 radical (unpaired) electrons. The van der Waals surface area contributed by atoms with Crippen molar-refractivity contribution in [2.45, 2.75) is 0 Å². The molecule has 0 N–H and O–H groups in total. The van der Waals surface area contributed by atoms with E-state index in [2.05, 4.69) is 185 Å². The van der Waals surface area contributed by atoms with Crippen LogP contribution in [-0.4, -0.2) is 19.1 Å². The molecule has 5 nitrogen and oxygen atoms in total. The van der Waals surface area contributed by atoms with Gasteiger partial charge in [0.25, 0.3) is 0 Å². The zero-order valence-electron chi connectivity index (χ0n) is 30.7. The average molecular weight is 729 g/mol. The highest BCUT2D eigenvalue weighted by Crippen LogP contribution is 2.44. The first-order valence-corrected chi connectivity index (χ1v) is 19.2. The lowest BCUT2D eigenvalue weighted by Gasteiger charge is -2.13. The van der Waals surface area contributed by atoms with Gasteiger partial charge in [-0.2, -0.15) is 0 Å². The molecule has 12 rings (SSSR count). The Morgan fingerprint density at radius 3 is 1.74 bits per heavy atom. The van der Waals surface area contributed by atoms with Crippen molar-refractivity contribution in [1.29, 1.82) is 0 Å². The number of hydrogen-bond acceptors (Lipinski definition) is 3. The fourth-order valence-electron chi connectivity index (χ4n) is 8.77. The Labute approximate surface area is 327 Å². The van der Waals surface area contributed by atoms with Gasteiger partial charge in [-0.05, 0) is 54.6 Å². The Balaban J connectivity index is 1.17. The summed E-state index contributed by atoms with van der Waals surface area (Å²) in [5, 5.41) is 6.98. The average Bonchev–Trinajstić information content (AvgIpc) is 3.93. The Hall–Kier alpha value is -7.76. The summed E-state index contributed by atoms with van der Waals surface area (Å²) >= 11 is 0. The molecule has 0 spiro atoms. The van der Waals surface area contributed by atoms with Crippen LogP contribution in [0.3, 0.4) is 0 Å². The number of fused-ring (bicyclic) bond motifs is 10. The second-order valence-corrected chi connectivity index (χ2v) is 14.6. The zero-order valence-corrected chi connectivity index (χ0v) is 30.7. The molecule has 0 saturated carbocycles. The maximum absolute atomic E-state index is 6.47. The van der Waals surface area contributed by atoms with Gasteiger partial charge in [0.15, 0.2) is 5.82 Å². The summed E-state index contributed by atoms with van der Waals surface area (Å²) in [6, 6.07) is 68.3. The summed E-state index contributed by atoms with van der Waals surface area (Å²) in [4.78, 5) is 10.4. The lowest BCUT2D eigenvalue weighted by molar-refractivity contribution is 0.669. The second-order valence-electron chi connectivity index (χ2n) is 14.6. The predicted octanol–water partition coefficient (Wildman–Crippen LogP) is 13.6. The molecule has 12 aromatic rings. The van der Waals surface area contributed by atoms with Gasteiger partial charge in [0.2, 0.25) is 0 Å². The summed E-state index contributed by atoms with van der Waals surface area (Å²) < 4.78 is 11.3. The van der Waals surface area contributed by atoms with Crippen molar-refractivity contribution in [2.24, 2.45) is 0 Å². The van der Waals surface area contributed by atoms with Crippen LogP contribution in [-0.2, 0) is 0 Å². The van der Waals surface area contributed by atoms with E-state index < -0.39 is 0 Å². The number of nitrogens with zero attached hydrogens (tertiary/aromatic N) is 4. The molecule has 0 aliphatic rings. The summed E-state index contributed by atoms with van der Waals surface area (Å²) in [5.41, 5.74) is 13.2. The monoisotopic (exact) mass is 728 g/mol. The lowest BCUT2D eigenvalue weighted by atomic mass is 10.1. The number of rotatable bonds is 5. The molecular formula is C52H32N4O. The molecule has 0 amide bonds. The molecule has 0 saturated heterocycles. The van der Waals surface area contributed by atoms with Crippen molar-refractivity contribution < 1.29 is 4.42 Å². The normalized spacial score (nSPS) is 11.9. The van der Waals surface area contributed by atoms with E-state index in [9.17, 15) is 0 Å². The first-order valence-electron chi connectivity index (χ1n) is 19.2. The summed E-state index contributed by atoms with van der Waals surface area (Å²) in [7, 11) is 0. The minimum absolute atomic E-state index is 0.679. The van der Waals surface area contributed by atoms with Crippen LogP contribution in [0.4, 0.5) is 0 Å². The molecule has 0 unspecified atom stereocenters. The van der Waals surface area contributed by atoms with Crippen molar-refractivity contribution in [2.75, 3.05) is 0 Å². The zero-order chi connectivity index (χ0) is 37.5. The van der Waals surface area contributed by atoms with E-state index in [1.807, 2.05) is 18.2 Å². The maximum Gasteiger partial charge on any atom is 0.160 e. The Bertz CT molecular complexity index is 3450. The van der Waals surface area contributed by atoms with Gasteiger partial charge in [-0.3, -0.25) is 0 Å². The summed E-state index contributed by atoms with van der Waals surface area (Å²) in [6.07, 6.45) is 0. The number of hydrogen-bond donors (Lipinski definition) is 0. The minimum atomic E-state index is 0.679. The van der Waals surface area contributed by atoms with E-state index in [1.54, 1.807) is 0 Å². The molecule has 266 valence electrons. The highest BCUT2D eigenvalue weighted by Gasteiger charge is 2.23. The van der Waals surface area contributed by atoms with Crippen molar-refractivity contribution in [3.8, 4) is 45.3 Å². The molecular weight excluding hydrogens is 697 g/mol. The molecule has 57 heavy (non-hydrogen) atoms. The molecule has 5 heteroatoms. The number of furan rings is 1. The van der Waals surface area contributed by atoms with Gasteiger partial charge in [0, 0.05) is 66.4 Å². The molecule has 8 aromatic carbocycles. The van der Waals surface area contributed by atoms with Crippen LogP contribution in [0.2, 0.25) is 0 Å². The van der Waals surface area contributed by atoms with E-state index in [4.69, 9.17) is 14.4 Å². The number of aromatic nitrogens is 4. The highest BCUT2D eigenvalue weighted by molar-refractivity contribution is 6.28. The van der Waals surface area contributed by atoms with Crippen molar-refractivity contribution in [3.63, 3.8) is 0 Å². The van der Waals surface area contributed by atoms with Crippen LogP contribution in [0.15, 0.2) is 199 Å². The second kappa shape index (κ2) is 12.4. The maximum atomic E-state index is 6.47. The van der Waals surface area contributed by atoms with E-state index in [-0.39, 0.29) is 0 Å². The molecule has 0 atom stereocenters. The Morgan fingerprint density at radius 1 is 0.351 bits per heavy atom. The van der Waals surface area contributed by atoms with Gasteiger partial charge in [0.05, 0.1) is 33.5 Å². The molecule has 0 fully saturated rings. The third-order valence-electron chi connectivity index (χ3n) is 11.3. The molecule has 0 aliphatic heterocycles. The van der Waals surface area contributed by atoms with Gasteiger partial charge in [0.1, 0.15) is 11.2 Å². The van der Waals surface area contributed by atoms with Gasteiger partial charge in [-0.25, -0.2) is 9.97 Å². The van der Waals surface area contributed by atoms with Crippen molar-refractivity contribution in [1.82, 2.24) is 19.1 Å². The number of benzene rings is 8. The van der Waals surface area contributed by atoms with Gasteiger partial charge in [-0.1, -0.05) is 133 Å².